The minimum atomic E-state index is -0.331. The zero-order chi connectivity index (χ0) is 16.9. The van der Waals surface area contributed by atoms with Crippen molar-refractivity contribution in [2.24, 2.45) is 0 Å². The number of nitrogens with zero attached hydrogens (tertiary/aromatic N) is 1. The Labute approximate surface area is 144 Å². The fraction of sp³-hybridized carbons (Fsp3) is 0. The third kappa shape index (κ3) is 3.45. The lowest BCUT2D eigenvalue weighted by molar-refractivity contribution is 0.104. The van der Waals surface area contributed by atoms with E-state index in [2.05, 4.69) is 0 Å². The second-order valence-electron chi connectivity index (χ2n) is 5.07. The molecule has 1 aromatic heterocycles. The van der Waals surface area contributed by atoms with Gasteiger partial charge in [-0.25, -0.2) is 0 Å². The third-order valence-corrected chi connectivity index (χ3v) is 3.70. The van der Waals surface area contributed by atoms with Crippen LogP contribution in [0.2, 0.25) is 5.02 Å². The lowest BCUT2D eigenvalue weighted by Gasteiger charge is -1.99. The number of Topliss-reactive ketones (excluding diaryl/α,β-unsaturated/α-hetero) is 1. The van der Waals surface area contributed by atoms with Crippen molar-refractivity contribution in [2.75, 3.05) is 0 Å². The van der Waals surface area contributed by atoms with Crippen LogP contribution in [0.4, 0.5) is 0 Å². The minimum absolute atomic E-state index is 0.0261. The van der Waals surface area contributed by atoms with Crippen LogP contribution < -0.4 is 0 Å². The van der Waals surface area contributed by atoms with Gasteiger partial charge in [0.05, 0.1) is 0 Å². The van der Waals surface area contributed by atoms with Crippen molar-refractivity contribution < 1.29 is 9.21 Å². The van der Waals surface area contributed by atoms with E-state index in [0.29, 0.717) is 22.1 Å². The Morgan fingerprint density at radius 2 is 1.71 bits per heavy atom. The number of allylic oxidation sites excluding steroid dienone is 1. The molecule has 0 amide bonds. The molecule has 2 aromatic carbocycles. The van der Waals surface area contributed by atoms with Gasteiger partial charge in [0.2, 0.25) is 5.78 Å². The zero-order valence-electron chi connectivity index (χ0n) is 12.6. The summed E-state index contributed by atoms with van der Waals surface area (Å²) >= 11 is 5.87. The summed E-state index contributed by atoms with van der Waals surface area (Å²) in [5.74, 6) is 0.755. The van der Waals surface area contributed by atoms with Gasteiger partial charge in [-0.2, -0.15) is 5.26 Å². The molecular weight excluding hydrogens is 322 g/mol. The number of halogens is 1. The van der Waals surface area contributed by atoms with Crippen LogP contribution in [0.3, 0.4) is 0 Å². The molecule has 0 unspecified atom stereocenters. The molecule has 0 saturated carbocycles. The van der Waals surface area contributed by atoms with E-state index in [4.69, 9.17) is 16.0 Å². The van der Waals surface area contributed by atoms with Gasteiger partial charge in [0.1, 0.15) is 23.2 Å². The Hall–Kier alpha value is -3.09. The van der Waals surface area contributed by atoms with Crippen molar-refractivity contribution in [1.82, 2.24) is 0 Å². The lowest BCUT2D eigenvalue weighted by Crippen LogP contribution is -2.01. The Kier molecular flexibility index (Phi) is 4.60. The largest absolute Gasteiger partial charge is 0.457 e. The first kappa shape index (κ1) is 15.8. The maximum absolute atomic E-state index is 12.3. The SMILES string of the molecule is N#C/C(=C\c1ccc(-c2ccc(Cl)cc2)o1)C(=O)c1ccccc1. The van der Waals surface area contributed by atoms with Crippen LogP contribution >= 0.6 is 11.6 Å². The van der Waals surface area contributed by atoms with Gasteiger partial charge in [0.25, 0.3) is 0 Å². The molecule has 0 bridgehead atoms. The van der Waals surface area contributed by atoms with E-state index in [1.165, 1.54) is 6.08 Å². The molecule has 0 radical (unpaired) electrons. The summed E-state index contributed by atoms with van der Waals surface area (Å²) in [7, 11) is 0. The molecule has 0 spiro atoms. The average Bonchev–Trinajstić information content (AvgIpc) is 3.09. The fourth-order valence-corrected chi connectivity index (χ4v) is 2.36. The van der Waals surface area contributed by atoms with E-state index in [-0.39, 0.29) is 11.4 Å². The van der Waals surface area contributed by atoms with Crippen LogP contribution in [0.5, 0.6) is 0 Å². The topological polar surface area (TPSA) is 54.0 Å². The van der Waals surface area contributed by atoms with E-state index in [9.17, 15) is 10.1 Å². The number of nitriles is 1. The number of rotatable bonds is 4. The summed E-state index contributed by atoms with van der Waals surface area (Å²) in [6, 6.07) is 21.4. The molecule has 4 heteroatoms. The highest BCUT2D eigenvalue weighted by Gasteiger charge is 2.13. The number of carbonyl (C=O) groups excluding carboxylic acids is 1. The molecule has 116 valence electrons. The van der Waals surface area contributed by atoms with Crippen molar-refractivity contribution in [3.63, 3.8) is 0 Å². The van der Waals surface area contributed by atoms with Crippen molar-refractivity contribution in [2.45, 2.75) is 0 Å². The van der Waals surface area contributed by atoms with Crippen molar-refractivity contribution in [1.29, 1.82) is 5.26 Å². The van der Waals surface area contributed by atoms with E-state index in [0.717, 1.165) is 5.56 Å². The standard InChI is InChI=1S/C20H12ClNO2/c21-17-8-6-14(7-9-17)19-11-10-18(24-19)12-16(13-22)20(23)15-4-2-1-3-5-15/h1-12H/b16-12+. The van der Waals surface area contributed by atoms with Crippen LogP contribution in [-0.4, -0.2) is 5.78 Å². The monoisotopic (exact) mass is 333 g/mol. The number of benzene rings is 2. The van der Waals surface area contributed by atoms with Crippen molar-refractivity contribution in [3.05, 3.63) is 88.6 Å². The van der Waals surface area contributed by atoms with Crippen LogP contribution in [0.25, 0.3) is 17.4 Å². The first-order valence-electron chi connectivity index (χ1n) is 7.25. The summed E-state index contributed by atoms with van der Waals surface area (Å²) in [5, 5.41) is 9.92. The molecule has 24 heavy (non-hydrogen) atoms. The highest BCUT2D eigenvalue weighted by molar-refractivity contribution is 6.30. The lowest BCUT2D eigenvalue weighted by atomic mass is 10.0. The van der Waals surface area contributed by atoms with Gasteiger partial charge < -0.3 is 4.42 Å². The molecule has 3 nitrogen and oxygen atoms in total. The van der Waals surface area contributed by atoms with Crippen molar-refractivity contribution >= 4 is 23.5 Å². The number of ketones is 1. The molecule has 0 aliphatic heterocycles. The second kappa shape index (κ2) is 6.99. The molecule has 0 saturated heterocycles. The van der Waals surface area contributed by atoms with Gasteiger partial charge in [-0.05, 0) is 36.4 Å². The first-order valence-corrected chi connectivity index (χ1v) is 7.62. The maximum atomic E-state index is 12.3. The second-order valence-corrected chi connectivity index (χ2v) is 5.51. The van der Waals surface area contributed by atoms with Crippen LogP contribution in [-0.2, 0) is 0 Å². The van der Waals surface area contributed by atoms with Crippen LogP contribution in [0.15, 0.2) is 76.7 Å². The normalized spacial score (nSPS) is 11.1. The number of furan rings is 1. The van der Waals surface area contributed by atoms with Gasteiger partial charge in [-0.15, -0.1) is 0 Å². The predicted molar refractivity (Wildman–Crippen MR) is 93.5 cm³/mol. The van der Waals surface area contributed by atoms with E-state index < -0.39 is 0 Å². The highest BCUT2D eigenvalue weighted by Crippen LogP contribution is 2.25. The summed E-state index contributed by atoms with van der Waals surface area (Å²) in [6.45, 7) is 0. The molecule has 0 aliphatic rings. The average molecular weight is 334 g/mol. The van der Waals surface area contributed by atoms with Crippen molar-refractivity contribution in [3.8, 4) is 17.4 Å². The first-order chi connectivity index (χ1) is 11.7. The molecule has 3 rings (SSSR count). The van der Waals surface area contributed by atoms with Gasteiger partial charge in [0.15, 0.2) is 0 Å². The Balaban J connectivity index is 1.89. The smallest absolute Gasteiger partial charge is 0.203 e. The van der Waals surface area contributed by atoms with E-state index >= 15 is 0 Å². The third-order valence-electron chi connectivity index (χ3n) is 3.44. The quantitative estimate of drug-likeness (QED) is 0.365. The van der Waals surface area contributed by atoms with E-state index in [1.807, 2.05) is 24.3 Å². The molecule has 3 aromatic rings. The Morgan fingerprint density at radius 1 is 1.00 bits per heavy atom. The number of hydrogen-bond acceptors (Lipinski definition) is 3. The van der Waals surface area contributed by atoms with Crippen LogP contribution in [0, 0.1) is 11.3 Å². The van der Waals surface area contributed by atoms with Gasteiger partial charge >= 0.3 is 0 Å². The Bertz CT molecular complexity index is 932. The fourth-order valence-electron chi connectivity index (χ4n) is 2.24. The predicted octanol–water partition coefficient (Wildman–Crippen LogP) is 5.39. The minimum Gasteiger partial charge on any atom is -0.457 e. The molecule has 0 atom stereocenters. The molecular formula is C20H12ClNO2. The Morgan fingerprint density at radius 3 is 2.38 bits per heavy atom. The molecule has 0 N–H and O–H groups in total. The number of hydrogen-bond donors (Lipinski definition) is 0. The summed E-state index contributed by atoms with van der Waals surface area (Å²) in [6.07, 6.45) is 1.45. The summed E-state index contributed by atoms with van der Waals surface area (Å²) < 4.78 is 5.71. The molecule has 1 heterocycles. The number of carbonyl (C=O) groups is 1. The summed E-state index contributed by atoms with van der Waals surface area (Å²) in [5.41, 5.74) is 1.36. The van der Waals surface area contributed by atoms with Gasteiger partial charge in [-0.3, -0.25) is 4.79 Å². The van der Waals surface area contributed by atoms with Gasteiger partial charge in [0, 0.05) is 22.2 Å². The van der Waals surface area contributed by atoms with Crippen LogP contribution in [0.1, 0.15) is 16.1 Å². The molecule has 0 fully saturated rings. The maximum Gasteiger partial charge on any atom is 0.203 e. The van der Waals surface area contributed by atoms with E-state index in [1.54, 1.807) is 48.5 Å². The van der Waals surface area contributed by atoms with Gasteiger partial charge in [-0.1, -0.05) is 41.9 Å². The molecule has 0 aliphatic carbocycles. The summed E-state index contributed by atoms with van der Waals surface area (Å²) in [4.78, 5) is 12.3. The zero-order valence-corrected chi connectivity index (χ0v) is 13.3. The highest BCUT2D eigenvalue weighted by atomic mass is 35.5.